The van der Waals surface area contributed by atoms with E-state index in [1.807, 2.05) is 0 Å². The van der Waals surface area contributed by atoms with Crippen LogP contribution in [-0.2, 0) is 0 Å². The van der Waals surface area contributed by atoms with Crippen molar-refractivity contribution in [3.05, 3.63) is 35.6 Å². The number of likely N-dealkylation sites (tertiary alicyclic amines) is 1. The van der Waals surface area contributed by atoms with Crippen molar-refractivity contribution < 1.29 is 14.3 Å². The molecule has 3 nitrogen and oxygen atoms in total. The Labute approximate surface area is 93.5 Å². The standard InChI is InChI=1S/C12H14FNO2/c13-10-4-1-3-9(7-10)12(16)14-6-2-5-11(15)8-14/h1,3-4,7,11,15H,2,5-6,8H2/t11-/m0/s1. The SMILES string of the molecule is O=C(c1cccc(F)c1)N1CCC[C@H](O)C1. The lowest BCUT2D eigenvalue weighted by atomic mass is 10.1. The highest BCUT2D eigenvalue weighted by Crippen LogP contribution is 2.14. The molecule has 16 heavy (non-hydrogen) atoms. The van der Waals surface area contributed by atoms with E-state index in [1.54, 1.807) is 11.0 Å². The molecule has 0 aliphatic carbocycles. The molecule has 0 spiro atoms. The molecule has 1 N–H and O–H groups in total. The summed E-state index contributed by atoms with van der Waals surface area (Å²) in [5, 5.41) is 9.46. The maximum atomic E-state index is 13.0. The number of carbonyl (C=O) groups excluding carboxylic acids is 1. The zero-order valence-corrected chi connectivity index (χ0v) is 8.90. The Balaban J connectivity index is 2.12. The van der Waals surface area contributed by atoms with Gasteiger partial charge in [0.2, 0.25) is 0 Å². The Morgan fingerprint density at radius 2 is 2.31 bits per heavy atom. The molecule has 1 aromatic carbocycles. The fraction of sp³-hybridized carbons (Fsp3) is 0.417. The van der Waals surface area contributed by atoms with Crippen molar-refractivity contribution in [1.29, 1.82) is 0 Å². The van der Waals surface area contributed by atoms with Crippen molar-refractivity contribution in [1.82, 2.24) is 4.90 Å². The minimum absolute atomic E-state index is 0.210. The number of carbonyl (C=O) groups is 1. The normalized spacial score (nSPS) is 20.9. The molecule has 1 aliphatic rings. The van der Waals surface area contributed by atoms with E-state index in [9.17, 15) is 14.3 Å². The van der Waals surface area contributed by atoms with Gasteiger partial charge in [0.05, 0.1) is 6.10 Å². The third kappa shape index (κ3) is 2.39. The van der Waals surface area contributed by atoms with Gasteiger partial charge in [-0.3, -0.25) is 4.79 Å². The van der Waals surface area contributed by atoms with Gasteiger partial charge in [0.1, 0.15) is 5.82 Å². The first-order chi connectivity index (χ1) is 7.66. The third-order valence-electron chi connectivity index (χ3n) is 2.76. The molecule has 0 aromatic heterocycles. The summed E-state index contributed by atoms with van der Waals surface area (Å²) in [6, 6.07) is 5.64. The van der Waals surface area contributed by atoms with Gasteiger partial charge in [-0.2, -0.15) is 0 Å². The average Bonchev–Trinajstić information content (AvgIpc) is 2.28. The monoisotopic (exact) mass is 223 g/mol. The lowest BCUT2D eigenvalue weighted by Crippen LogP contribution is -2.42. The van der Waals surface area contributed by atoms with Gasteiger partial charge in [0, 0.05) is 18.7 Å². The maximum absolute atomic E-state index is 13.0. The van der Waals surface area contributed by atoms with Crippen LogP contribution in [0.15, 0.2) is 24.3 Å². The highest BCUT2D eigenvalue weighted by Gasteiger charge is 2.22. The average molecular weight is 223 g/mol. The van der Waals surface area contributed by atoms with Crippen LogP contribution < -0.4 is 0 Å². The zero-order valence-electron chi connectivity index (χ0n) is 8.90. The van der Waals surface area contributed by atoms with Crippen LogP contribution in [0.4, 0.5) is 4.39 Å². The fourth-order valence-electron chi connectivity index (χ4n) is 1.94. The van der Waals surface area contributed by atoms with E-state index < -0.39 is 11.9 Å². The second-order valence-corrected chi connectivity index (χ2v) is 4.06. The molecule has 2 rings (SSSR count). The topological polar surface area (TPSA) is 40.5 Å². The highest BCUT2D eigenvalue weighted by atomic mass is 19.1. The van der Waals surface area contributed by atoms with Gasteiger partial charge in [-0.05, 0) is 31.0 Å². The van der Waals surface area contributed by atoms with E-state index in [0.29, 0.717) is 18.7 Å². The van der Waals surface area contributed by atoms with Crippen LogP contribution in [0.25, 0.3) is 0 Å². The molecular weight excluding hydrogens is 209 g/mol. The van der Waals surface area contributed by atoms with Crippen LogP contribution >= 0.6 is 0 Å². The van der Waals surface area contributed by atoms with E-state index in [1.165, 1.54) is 18.2 Å². The molecule has 1 saturated heterocycles. The van der Waals surface area contributed by atoms with Crippen LogP contribution in [0.3, 0.4) is 0 Å². The van der Waals surface area contributed by atoms with Gasteiger partial charge < -0.3 is 10.0 Å². The van der Waals surface area contributed by atoms with Gasteiger partial charge in [-0.1, -0.05) is 6.07 Å². The number of aliphatic hydroxyl groups is 1. The quantitative estimate of drug-likeness (QED) is 0.782. The molecule has 1 amide bonds. The van der Waals surface area contributed by atoms with Gasteiger partial charge in [0.25, 0.3) is 5.91 Å². The van der Waals surface area contributed by atoms with Gasteiger partial charge in [-0.25, -0.2) is 4.39 Å². The van der Waals surface area contributed by atoms with Crippen molar-refractivity contribution >= 4 is 5.91 Å². The predicted molar refractivity (Wildman–Crippen MR) is 57.5 cm³/mol. The lowest BCUT2D eigenvalue weighted by molar-refractivity contribution is 0.0473. The summed E-state index contributed by atoms with van der Waals surface area (Å²) in [5.74, 6) is -0.623. The number of nitrogens with zero attached hydrogens (tertiary/aromatic N) is 1. The number of piperidine rings is 1. The molecule has 1 aliphatic heterocycles. The van der Waals surface area contributed by atoms with E-state index in [0.717, 1.165) is 12.8 Å². The lowest BCUT2D eigenvalue weighted by Gasteiger charge is -2.30. The Morgan fingerprint density at radius 1 is 1.50 bits per heavy atom. The van der Waals surface area contributed by atoms with Crippen molar-refractivity contribution in [2.45, 2.75) is 18.9 Å². The molecule has 0 radical (unpaired) electrons. The molecule has 0 unspecified atom stereocenters. The molecule has 1 atom stereocenters. The van der Waals surface area contributed by atoms with E-state index >= 15 is 0 Å². The summed E-state index contributed by atoms with van der Waals surface area (Å²) in [7, 11) is 0. The first kappa shape index (κ1) is 11.1. The van der Waals surface area contributed by atoms with E-state index in [2.05, 4.69) is 0 Å². The molecular formula is C12H14FNO2. The number of rotatable bonds is 1. The number of amides is 1. The Bertz CT molecular complexity index is 394. The number of hydrogen-bond donors (Lipinski definition) is 1. The highest BCUT2D eigenvalue weighted by molar-refractivity contribution is 5.94. The predicted octanol–water partition coefficient (Wildman–Crippen LogP) is 1.42. The zero-order chi connectivity index (χ0) is 11.5. The van der Waals surface area contributed by atoms with Crippen molar-refractivity contribution in [2.75, 3.05) is 13.1 Å². The van der Waals surface area contributed by atoms with Crippen LogP contribution in [0.5, 0.6) is 0 Å². The third-order valence-corrected chi connectivity index (χ3v) is 2.76. The number of β-amino-alcohol motifs (C(OH)–C–C–N with tert-alkyl or cyclic N) is 1. The van der Waals surface area contributed by atoms with Crippen LogP contribution in [0.2, 0.25) is 0 Å². The van der Waals surface area contributed by atoms with Crippen molar-refractivity contribution in [3.63, 3.8) is 0 Å². The summed E-state index contributed by atoms with van der Waals surface area (Å²) in [5.41, 5.74) is 0.342. The first-order valence-electron chi connectivity index (χ1n) is 5.40. The van der Waals surface area contributed by atoms with Gasteiger partial charge >= 0.3 is 0 Å². The molecule has 0 saturated carbocycles. The number of hydrogen-bond acceptors (Lipinski definition) is 2. The number of halogens is 1. The van der Waals surface area contributed by atoms with Gasteiger partial charge in [0.15, 0.2) is 0 Å². The molecule has 0 bridgehead atoms. The van der Waals surface area contributed by atoms with Crippen LogP contribution in [0.1, 0.15) is 23.2 Å². The summed E-state index contributed by atoms with van der Waals surface area (Å²) in [4.78, 5) is 13.5. The van der Waals surface area contributed by atoms with Crippen LogP contribution in [-0.4, -0.2) is 35.1 Å². The maximum Gasteiger partial charge on any atom is 0.254 e. The van der Waals surface area contributed by atoms with Crippen LogP contribution in [0, 0.1) is 5.82 Å². The smallest absolute Gasteiger partial charge is 0.254 e. The number of aliphatic hydroxyl groups excluding tert-OH is 1. The molecule has 86 valence electrons. The minimum Gasteiger partial charge on any atom is -0.391 e. The second kappa shape index (κ2) is 4.61. The Morgan fingerprint density at radius 3 is 3.00 bits per heavy atom. The molecule has 1 fully saturated rings. The van der Waals surface area contributed by atoms with E-state index in [4.69, 9.17) is 0 Å². The van der Waals surface area contributed by atoms with Gasteiger partial charge in [-0.15, -0.1) is 0 Å². The molecule has 1 heterocycles. The summed E-state index contributed by atoms with van der Waals surface area (Å²) < 4.78 is 13.0. The van der Waals surface area contributed by atoms with Crippen molar-refractivity contribution in [2.24, 2.45) is 0 Å². The summed E-state index contributed by atoms with van der Waals surface area (Å²) in [6.07, 6.45) is 1.07. The minimum atomic E-state index is -0.453. The Kier molecular flexibility index (Phi) is 3.19. The first-order valence-corrected chi connectivity index (χ1v) is 5.40. The number of benzene rings is 1. The summed E-state index contributed by atoms with van der Waals surface area (Å²) >= 11 is 0. The molecule has 4 heteroatoms. The second-order valence-electron chi connectivity index (χ2n) is 4.06. The Hall–Kier alpha value is -1.42. The molecule has 1 aromatic rings. The summed E-state index contributed by atoms with van der Waals surface area (Å²) in [6.45, 7) is 0.974. The largest absolute Gasteiger partial charge is 0.391 e. The van der Waals surface area contributed by atoms with Crippen molar-refractivity contribution in [3.8, 4) is 0 Å². The van der Waals surface area contributed by atoms with E-state index in [-0.39, 0.29) is 5.91 Å². The fourth-order valence-corrected chi connectivity index (χ4v) is 1.94.